The molecule has 19 heavy (non-hydrogen) atoms. The van der Waals surface area contributed by atoms with Gasteiger partial charge < -0.3 is 10.5 Å². The Labute approximate surface area is 118 Å². The van der Waals surface area contributed by atoms with Crippen LogP contribution < -0.4 is 10.5 Å². The molecule has 2 rings (SSSR count). The van der Waals surface area contributed by atoms with Gasteiger partial charge in [0.15, 0.2) is 11.6 Å². The molecular weight excluding hydrogens is 261 g/mol. The van der Waals surface area contributed by atoms with Crippen LogP contribution in [0.5, 0.6) is 5.75 Å². The van der Waals surface area contributed by atoms with Gasteiger partial charge in [0.1, 0.15) is 0 Å². The number of rotatable bonds is 4. The number of thioether (sulfide) groups is 1. The summed E-state index contributed by atoms with van der Waals surface area (Å²) in [5, 5.41) is 0.589. The van der Waals surface area contributed by atoms with E-state index in [0.29, 0.717) is 23.3 Å². The van der Waals surface area contributed by atoms with Crippen molar-refractivity contribution in [2.24, 2.45) is 5.92 Å². The molecule has 2 nitrogen and oxygen atoms in total. The average molecular weight is 283 g/mol. The Kier molecular flexibility index (Phi) is 4.97. The van der Waals surface area contributed by atoms with Crippen LogP contribution in [0.3, 0.4) is 0 Å². The molecule has 0 aromatic heterocycles. The molecule has 1 aliphatic rings. The monoisotopic (exact) mass is 283 g/mol. The van der Waals surface area contributed by atoms with Crippen LogP contribution in [0.4, 0.5) is 10.1 Å². The van der Waals surface area contributed by atoms with E-state index in [0.717, 1.165) is 10.8 Å². The fourth-order valence-electron chi connectivity index (χ4n) is 2.58. The predicted octanol–water partition coefficient (Wildman–Crippen LogP) is 4.48. The Bertz CT molecular complexity index is 438. The Hall–Kier alpha value is -0.900. The van der Waals surface area contributed by atoms with E-state index in [1.54, 1.807) is 17.8 Å². The van der Waals surface area contributed by atoms with Gasteiger partial charge in [-0.15, -0.1) is 11.8 Å². The molecule has 106 valence electrons. The smallest absolute Gasteiger partial charge is 0.167 e. The van der Waals surface area contributed by atoms with Crippen LogP contribution in [0.15, 0.2) is 17.0 Å². The highest BCUT2D eigenvalue weighted by Crippen LogP contribution is 2.40. The lowest BCUT2D eigenvalue weighted by Gasteiger charge is -2.26. The van der Waals surface area contributed by atoms with Crippen molar-refractivity contribution in [3.05, 3.63) is 17.9 Å². The normalized spacial score (nSPS) is 23.3. The fourth-order valence-corrected chi connectivity index (χ4v) is 4.02. The molecule has 2 atom stereocenters. The number of ether oxygens (including phenoxy) is 1. The molecule has 1 aromatic carbocycles. The SMILES string of the molecule is CCOc1cc(SC2CCCC(C)C2)c(N)cc1F. The summed E-state index contributed by atoms with van der Waals surface area (Å²) in [6.45, 7) is 4.61. The summed E-state index contributed by atoms with van der Waals surface area (Å²) < 4.78 is 18.9. The Balaban J connectivity index is 2.12. The number of benzene rings is 1. The maximum atomic E-state index is 13.6. The molecule has 2 unspecified atom stereocenters. The van der Waals surface area contributed by atoms with Gasteiger partial charge in [-0.2, -0.15) is 0 Å². The van der Waals surface area contributed by atoms with Crippen molar-refractivity contribution in [1.82, 2.24) is 0 Å². The largest absolute Gasteiger partial charge is 0.491 e. The fraction of sp³-hybridized carbons (Fsp3) is 0.600. The van der Waals surface area contributed by atoms with Gasteiger partial charge in [-0.3, -0.25) is 0 Å². The third-order valence-corrected chi connectivity index (χ3v) is 4.92. The van der Waals surface area contributed by atoms with E-state index in [-0.39, 0.29) is 5.82 Å². The third-order valence-electron chi connectivity index (χ3n) is 3.55. The Morgan fingerprint density at radius 3 is 2.89 bits per heavy atom. The minimum absolute atomic E-state index is 0.308. The van der Waals surface area contributed by atoms with Gasteiger partial charge in [0.2, 0.25) is 0 Å². The molecule has 0 spiro atoms. The van der Waals surface area contributed by atoms with Gasteiger partial charge >= 0.3 is 0 Å². The molecule has 4 heteroatoms. The van der Waals surface area contributed by atoms with E-state index >= 15 is 0 Å². The van der Waals surface area contributed by atoms with Crippen molar-refractivity contribution in [3.63, 3.8) is 0 Å². The molecule has 0 radical (unpaired) electrons. The number of hydrogen-bond acceptors (Lipinski definition) is 3. The lowest BCUT2D eigenvalue weighted by atomic mass is 9.91. The second kappa shape index (κ2) is 6.51. The van der Waals surface area contributed by atoms with E-state index in [1.807, 2.05) is 6.92 Å². The first-order chi connectivity index (χ1) is 9.10. The van der Waals surface area contributed by atoms with E-state index in [9.17, 15) is 4.39 Å². The van der Waals surface area contributed by atoms with Crippen molar-refractivity contribution in [2.45, 2.75) is 49.7 Å². The third kappa shape index (κ3) is 3.78. The summed E-state index contributed by atoms with van der Waals surface area (Å²) in [6, 6.07) is 3.12. The molecule has 0 aliphatic heterocycles. The molecule has 2 N–H and O–H groups in total. The zero-order valence-corrected chi connectivity index (χ0v) is 12.4. The quantitative estimate of drug-likeness (QED) is 0.828. The van der Waals surface area contributed by atoms with Crippen molar-refractivity contribution in [1.29, 1.82) is 0 Å². The number of hydrogen-bond donors (Lipinski definition) is 1. The second-order valence-electron chi connectivity index (χ2n) is 5.27. The lowest BCUT2D eigenvalue weighted by Crippen LogP contribution is -2.15. The molecule has 0 amide bonds. The highest BCUT2D eigenvalue weighted by molar-refractivity contribution is 8.00. The van der Waals surface area contributed by atoms with Crippen LogP contribution in [-0.2, 0) is 0 Å². The molecule has 1 fully saturated rings. The maximum Gasteiger partial charge on any atom is 0.167 e. The Morgan fingerprint density at radius 2 is 2.21 bits per heavy atom. The van der Waals surface area contributed by atoms with Gasteiger partial charge in [0.05, 0.1) is 6.61 Å². The van der Waals surface area contributed by atoms with E-state index in [4.69, 9.17) is 10.5 Å². The number of nitrogen functional groups attached to an aromatic ring is 1. The van der Waals surface area contributed by atoms with Crippen molar-refractivity contribution in [3.8, 4) is 5.75 Å². The molecule has 1 aromatic rings. The van der Waals surface area contributed by atoms with Crippen molar-refractivity contribution in [2.75, 3.05) is 12.3 Å². The van der Waals surface area contributed by atoms with E-state index in [2.05, 4.69) is 6.92 Å². The summed E-state index contributed by atoms with van der Waals surface area (Å²) in [7, 11) is 0. The van der Waals surface area contributed by atoms with Crippen LogP contribution in [0, 0.1) is 11.7 Å². The van der Waals surface area contributed by atoms with Gasteiger partial charge in [-0.1, -0.05) is 19.8 Å². The standard InChI is InChI=1S/C15H22FNOS/c1-3-18-14-9-15(13(17)8-12(14)16)19-11-6-4-5-10(2)7-11/h8-11H,3-7,17H2,1-2H3. The average Bonchev–Trinajstić information content (AvgIpc) is 2.35. The summed E-state index contributed by atoms with van der Waals surface area (Å²) in [4.78, 5) is 0.948. The molecule has 0 saturated heterocycles. The minimum Gasteiger partial charge on any atom is -0.491 e. The number of halogens is 1. The van der Waals surface area contributed by atoms with E-state index in [1.165, 1.54) is 31.7 Å². The summed E-state index contributed by atoms with van der Waals surface area (Å²) in [5.41, 5.74) is 6.44. The van der Waals surface area contributed by atoms with Crippen LogP contribution in [0.25, 0.3) is 0 Å². The molecular formula is C15H22FNOS. The summed E-state index contributed by atoms with van der Waals surface area (Å²) in [5.74, 6) is 0.711. The molecule has 0 bridgehead atoms. The Morgan fingerprint density at radius 1 is 1.42 bits per heavy atom. The first-order valence-corrected chi connectivity index (χ1v) is 7.86. The van der Waals surface area contributed by atoms with Crippen LogP contribution in [-0.4, -0.2) is 11.9 Å². The van der Waals surface area contributed by atoms with Gasteiger partial charge in [0.25, 0.3) is 0 Å². The zero-order valence-electron chi connectivity index (χ0n) is 11.6. The van der Waals surface area contributed by atoms with Crippen LogP contribution >= 0.6 is 11.8 Å². The number of anilines is 1. The van der Waals surface area contributed by atoms with Gasteiger partial charge in [0, 0.05) is 21.9 Å². The summed E-state index contributed by atoms with van der Waals surface area (Å²) >= 11 is 1.77. The molecule has 1 aliphatic carbocycles. The van der Waals surface area contributed by atoms with Crippen molar-refractivity contribution < 1.29 is 9.13 Å². The summed E-state index contributed by atoms with van der Waals surface area (Å²) in [6.07, 6.45) is 5.03. The lowest BCUT2D eigenvalue weighted by molar-refractivity contribution is 0.320. The van der Waals surface area contributed by atoms with E-state index < -0.39 is 0 Å². The highest BCUT2D eigenvalue weighted by atomic mass is 32.2. The predicted molar refractivity (Wildman–Crippen MR) is 79.3 cm³/mol. The topological polar surface area (TPSA) is 35.2 Å². The van der Waals surface area contributed by atoms with Gasteiger partial charge in [-0.25, -0.2) is 4.39 Å². The van der Waals surface area contributed by atoms with Crippen LogP contribution in [0.2, 0.25) is 0 Å². The molecule has 1 saturated carbocycles. The first-order valence-electron chi connectivity index (χ1n) is 6.98. The van der Waals surface area contributed by atoms with Crippen molar-refractivity contribution >= 4 is 17.4 Å². The van der Waals surface area contributed by atoms with Crippen LogP contribution in [0.1, 0.15) is 39.5 Å². The second-order valence-corrected chi connectivity index (χ2v) is 6.61. The minimum atomic E-state index is -0.374. The van der Waals surface area contributed by atoms with Gasteiger partial charge in [-0.05, 0) is 31.7 Å². The zero-order chi connectivity index (χ0) is 13.8. The number of nitrogens with two attached hydrogens (primary N) is 1. The highest BCUT2D eigenvalue weighted by Gasteiger charge is 2.21. The molecule has 0 heterocycles. The first kappa shape index (κ1) is 14.5. The maximum absolute atomic E-state index is 13.6.